The number of hydrogen-bond acceptors (Lipinski definition) is 2. The molecule has 1 unspecified atom stereocenters. The van der Waals surface area contributed by atoms with Crippen molar-refractivity contribution in [3.63, 3.8) is 0 Å². The van der Waals surface area contributed by atoms with Crippen LogP contribution < -0.4 is 5.32 Å². The summed E-state index contributed by atoms with van der Waals surface area (Å²) in [7, 11) is 0. The zero-order valence-corrected chi connectivity index (χ0v) is 12.9. The van der Waals surface area contributed by atoms with E-state index in [1.54, 1.807) is 0 Å². The predicted octanol–water partition coefficient (Wildman–Crippen LogP) is 3.67. The van der Waals surface area contributed by atoms with Gasteiger partial charge in [-0.3, -0.25) is 4.79 Å². The molecule has 0 radical (unpaired) electrons. The summed E-state index contributed by atoms with van der Waals surface area (Å²) in [4.78, 5) is 11.4. The van der Waals surface area contributed by atoms with Crippen LogP contribution in [-0.4, -0.2) is 17.6 Å². The lowest BCUT2D eigenvalue weighted by Crippen LogP contribution is -2.32. The van der Waals surface area contributed by atoms with Gasteiger partial charge in [0.25, 0.3) is 0 Å². The lowest BCUT2D eigenvalue weighted by Gasteiger charge is -2.18. The van der Waals surface area contributed by atoms with Crippen molar-refractivity contribution >= 4 is 5.97 Å². The second-order valence-corrected chi connectivity index (χ2v) is 5.72. The minimum absolute atomic E-state index is 0.422. The number of nitrogens with one attached hydrogen (secondary N) is 1. The van der Waals surface area contributed by atoms with Crippen LogP contribution >= 0.6 is 0 Å². The van der Waals surface area contributed by atoms with Gasteiger partial charge in [-0.15, -0.1) is 0 Å². The number of carboxylic acids is 1. The van der Waals surface area contributed by atoms with Crippen LogP contribution in [0.2, 0.25) is 0 Å². The van der Waals surface area contributed by atoms with Gasteiger partial charge in [0.2, 0.25) is 0 Å². The molecular formula is C19H23NO2. The summed E-state index contributed by atoms with van der Waals surface area (Å²) < 4.78 is 0. The Balaban J connectivity index is 1.83. The molecule has 2 N–H and O–H groups in total. The monoisotopic (exact) mass is 297 g/mol. The topological polar surface area (TPSA) is 49.3 Å². The van der Waals surface area contributed by atoms with Crippen LogP contribution in [0.4, 0.5) is 0 Å². The van der Waals surface area contributed by atoms with Gasteiger partial charge < -0.3 is 10.4 Å². The van der Waals surface area contributed by atoms with E-state index in [4.69, 9.17) is 0 Å². The summed E-state index contributed by atoms with van der Waals surface area (Å²) >= 11 is 0. The second kappa shape index (κ2) is 8.35. The van der Waals surface area contributed by atoms with Crippen molar-refractivity contribution in [1.29, 1.82) is 0 Å². The quantitative estimate of drug-likeness (QED) is 0.781. The highest BCUT2D eigenvalue weighted by molar-refractivity contribution is 5.75. The molecule has 22 heavy (non-hydrogen) atoms. The number of carbonyl (C=O) groups is 1. The fourth-order valence-corrected chi connectivity index (χ4v) is 2.47. The van der Waals surface area contributed by atoms with E-state index in [1.807, 2.05) is 48.5 Å². The minimum Gasteiger partial charge on any atom is -0.480 e. The summed E-state index contributed by atoms with van der Waals surface area (Å²) in [5.41, 5.74) is 2.12. The van der Waals surface area contributed by atoms with Crippen LogP contribution in [0, 0.1) is 5.92 Å². The smallest absolute Gasteiger partial charge is 0.325 e. The van der Waals surface area contributed by atoms with Crippen LogP contribution in [0.1, 0.15) is 30.5 Å². The predicted molar refractivity (Wildman–Crippen MR) is 88.7 cm³/mol. The molecular weight excluding hydrogens is 274 g/mol. The standard InChI is InChI=1S/C19H23NO2/c1-15(12-13-16-8-4-2-5-9-16)14-20-18(19(21)22)17-10-6-3-7-11-17/h2-11,15,18,20H,12-14H2,1H3,(H,21,22)/t15?,18-/m0/s1. The van der Waals surface area contributed by atoms with Crippen molar-refractivity contribution in [1.82, 2.24) is 5.32 Å². The molecule has 0 saturated heterocycles. The number of benzene rings is 2. The summed E-state index contributed by atoms with van der Waals surface area (Å²) in [5.74, 6) is -0.410. The first-order chi connectivity index (χ1) is 10.7. The Bertz CT molecular complexity index is 569. The van der Waals surface area contributed by atoms with Crippen molar-refractivity contribution in [2.75, 3.05) is 6.54 Å². The van der Waals surface area contributed by atoms with E-state index in [0.29, 0.717) is 12.5 Å². The fraction of sp³-hybridized carbons (Fsp3) is 0.316. The average molecular weight is 297 g/mol. The third-order valence-electron chi connectivity index (χ3n) is 3.82. The summed E-state index contributed by atoms with van der Waals surface area (Å²) in [6.07, 6.45) is 2.06. The van der Waals surface area contributed by atoms with Crippen LogP contribution in [0.25, 0.3) is 0 Å². The second-order valence-electron chi connectivity index (χ2n) is 5.72. The molecule has 0 bridgehead atoms. The maximum atomic E-state index is 11.4. The van der Waals surface area contributed by atoms with Gasteiger partial charge in [-0.2, -0.15) is 0 Å². The molecule has 0 fully saturated rings. The number of aliphatic carboxylic acids is 1. The van der Waals surface area contributed by atoms with Crippen LogP contribution in [-0.2, 0) is 11.2 Å². The van der Waals surface area contributed by atoms with Crippen molar-refractivity contribution in [3.8, 4) is 0 Å². The first-order valence-electron chi connectivity index (χ1n) is 7.72. The van der Waals surface area contributed by atoms with Gasteiger partial charge in [0.15, 0.2) is 0 Å². The Labute approximate surface area is 132 Å². The molecule has 0 saturated carbocycles. The molecule has 0 heterocycles. The zero-order valence-electron chi connectivity index (χ0n) is 12.9. The molecule has 2 aromatic rings. The van der Waals surface area contributed by atoms with Gasteiger partial charge in [0.05, 0.1) is 0 Å². The maximum Gasteiger partial charge on any atom is 0.325 e. The highest BCUT2D eigenvalue weighted by atomic mass is 16.4. The highest BCUT2D eigenvalue weighted by Crippen LogP contribution is 2.14. The molecule has 3 nitrogen and oxygen atoms in total. The van der Waals surface area contributed by atoms with Gasteiger partial charge in [-0.25, -0.2) is 0 Å². The Morgan fingerprint density at radius 3 is 2.23 bits per heavy atom. The first kappa shape index (κ1) is 16.2. The normalized spacial score (nSPS) is 13.5. The lowest BCUT2D eigenvalue weighted by atomic mass is 10.00. The van der Waals surface area contributed by atoms with E-state index in [1.165, 1.54) is 5.56 Å². The number of carboxylic acid groups (broad SMARTS) is 1. The van der Waals surface area contributed by atoms with Crippen LogP contribution in [0.15, 0.2) is 60.7 Å². The van der Waals surface area contributed by atoms with E-state index < -0.39 is 12.0 Å². The van der Waals surface area contributed by atoms with E-state index in [9.17, 15) is 9.90 Å². The van der Waals surface area contributed by atoms with E-state index in [-0.39, 0.29) is 0 Å². The molecule has 116 valence electrons. The van der Waals surface area contributed by atoms with Crippen LogP contribution in [0.5, 0.6) is 0 Å². The first-order valence-corrected chi connectivity index (χ1v) is 7.72. The number of aryl methyl sites for hydroxylation is 1. The molecule has 0 aliphatic rings. The Morgan fingerprint density at radius 2 is 1.64 bits per heavy atom. The fourth-order valence-electron chi connectivity index (χ4n) is 2.47. The highest BCUT2D eigenvalue weighted by Gasteiger charge is 2.19. The Kier molecular flexibility index (Phi) is 6.16. The van der Waals surface area contributed by atoms with E-state index in [2.05, 4.69) is 24.4 Å². The van der Waals surface area contributed by atoms with Gasteiger partial charge in [0, 0.05) is 0 Å². The summed E-state index contributed by atoms with van der Waals surface area (Å²) in [6.45, 7) is 2.85. The van der Waals surface area contributed by atoms with Crippen molar-refractivity contribution in [3.05, 3.63) is 71.8 Å². The molecule has 0 aliphatic carbocycles. The minimum atomic E-state index is -0.832. The van der Waals surface area contributed by atoms with Gasteiger partial charge >= 0.3 is 5.97 Å². The van der Waals surface area contributed by atoms with E-state index in [0.717, 1.165) is 18.4 Å². The maximum absolute atomic E-state index is 11.4. The largest absolute Gasteiger partial charge is 0.480 e. The summed E-state index contributed by atoms with van der Waals surface area (Å²) in [6, 6.07) is 19.1. The molecule has 2 atom stereocenters. The van der Waals surface area contributed by atoms with Gasteiger partial charge in [0.1, 0.15) is 6.04 Å². The number of hydrogen-bond donors (Lipinski definition) is 2. The molecule has 0 spiro atoms. The zero-order chi connectivity index (χ0) is 15.8. The van der Waals surface area contributed by atoms with Crippen molar-refractivity contribution in [2.45, 2.75) is 25.8 Å². The Morgan fingerprint density at radius 1 is 1.05 bits per heavy atom. The molecule has 0 amide bonds. The molecule has 2 rings (SSSR count). The lowest BCUT2D eigenvalue weighted by molar-refractivity contribution is -0.139. The van der Waals surface area contributed by atoms with Crippen LogP contribution in [0.3, 0.4) is 0 Å². The van der Waals surface area contributed by atoms with Gasteiger partial charge in [-0.05, 0) is 36.4 Å². The number of rotatable bonds is 8. The molecule has 3 heteroatoms. The molecule has 2 aromatic carbocycles. The third kappa shape index (κ3) is 5.01. The molecule has 0 aromatic heterocycles. The Hall–Kier alpha value is -2.13. The molecule has 0 aliphatic heterocycles. The average Bonchev–Trinajstić information content (AvgIpc) is 2.55. The van der Waals surface area contributed by atoms with E-state index >= 15 is 0 Å². The summed E-state index contributed by atoms with van der Waals surface area (Å²) in [5, 5.41) is 12.6. The third-order valence-corrected chi connectivity index (χ3v) is 3.82. The van der Waals surface area contributed by atoms with Crippen molar-refractivity contribution in [2.24, 2.45) is 5.92 Å². The van der Waals surface area contributed by atoms with Gasteiger partial charge in [-0.1, -0.05) is 67.6 Å². The SMILES string of the molecule is CC(CCc1ccccc1)CN[C@H](C(=O)O)c1ccccc1. The van der Waals surface area contributed by atoms with Crippen molar-refractivity contribution < 1.29 is 9.90 Å².